The number of para-hydroxylation sites is 2. The maximum absolute atomic E-state index is 13.5. The van der Waals surface area contributed by atoms with E-state index in [2.05, 4.69) is 4.90 Å². The Kier molecular flexibility index (Phi) is 7.13. The summed E-state index contributed by atoms with van der Waals surface area (Å²) in [6.45, 7) is 4.87. The summed E-state index contributed by atoms with van der Waals surface area (Å²) in [4.78, 5) is 2.25. The highest BCUT2D eigenvalue weighted by Crippen LogP contribution is 2.32. The molecule has 1 unspecified atom stereocenters. The third-order valence-corrected chi connectivity index (χ3v) is 6.71. The Labute approximate surface area is 172 Å². The quantitative estimate of drug-likeness (QED) is 0.703. The molecule has 1 saturated heterocycles. The molecule has 2 aromatic rings. The van der Waals surface area contributed by atoms with Gasteiger partial charge in [0.1, 0.15) is 5.75 Å². The van der Waals surface area contributed by atoms with Crippen molar-refractivity contribution in [2.24, 2.45) is 0 Å². The van der Waals surface area contributed by atoms with Gasteiger partial charge >= 0.3 is 0 Å². The third kappa shape index (κ3) is 5.27. The number of sulfonamides is 1. The zero-order chi connectivity index (χ0) is 20.9. The molecule has 7 nitrogen and oxygen atoms in total. The first-order valence-corrected chi connectivity index (χ1v) is 11.1. The van der Waals surface area contributed by atoms with Crippen molar-refractivity contribution in [1.82, 2.24) is 4.90 Å². The van der Waals surface area contributed by atoms with Crippen molar-refractivity contribution in [3.05, 3.63) is 54.1 Å². The number of anilines is 1. The van der Waals surface area contributed by atoms with Gasteiger partial charge in [0.2, 0.25) is 0 Å². The van der Waals surface area contributed by atoms with Crippen LogP contribution in [0.3, 0.4) is 0 Å². The Morgan fingerprint density at radius 2 is 1.79 bits per heavy atom. The summed E-state index contributed by atoms with van der Waals surface area (Å²) in [5.74, 6) is 0.432. The predicted octanol–water partition coefficient (Wildman–Crippen LogP) is 1.89. The summed E-state index contributed by atoms with van der Waals surface area (Å²) >= 11 is 0. The number of methoxy groups -OCH3 is 1. The first-order valence-electron chi connectivity index (χ1n) is 9.62. The second-order valence-electron chi connectivity index (χ2n) is 7.09. The van der Waals surface area contributed by atoms with Crippen molar-refractivity contribution < 1.29 is 23.0 Å². The molecular formula is C21H28N2O5S. The van der Waals surface area contributed by atoms with Gasteiger partial charge in [0.25, 0.3) is 10.0 Å². The van der Waals surface area contributed by atoms with Gasteiger partial charge in [-0.2, -0.15) is 0 Å². The minimum atomic E-state index is -3.89. The number of morpholine rings is 1. The standard InChI is InChI=1S/C21H28N2O5S/c1-17-7-9-19(10-8-17)29(25,26)23(20-5-3-4-6-21(20)27-2)16-18(24)15-22-11-13-28-14-12-22/h3-10,18,24H,11-16H2,1-2H3. The van der Waals surface area contributed by atoms with Crippen LogP contribution in [0.2, 0.25) is 0 Å². The van der Waals surface area contributed by atoms with Gasteiger partial charge in [-0.3, -0.25) is 9.21 Å². The van der Waals surface area contributed by atoms with Gasteiger partial charge in [-0.15, -0.1) is 0 Å². The zero-order valence-corrected chi connectivity index (χ0v) is 17.6. The molecule has 158 valence electrons. The fraction of sp³-hybridized carbons (Fsp3) is 0.429. The summed E-state index contributed by atoms with van der Waals surface area (Å²) in [6.07, 6.45) is -0.863. The Morgan fingerprint density at radius 3 is 2.45 bits per heavy atom. The zero-order valence-electron chi connectivity index (χ0n) is 16.8. The number of ether oxygens (including phenoxy) is 2. The van der Waals surface area contributed by atoms with E-state index in [4.69, 9.17) is 9.47 Å². The number of hydrogen-bond acceptors (Lipinski definition) is 6. The van der Waals surface area contributed by atoms with Gasteiger partial charge < -0.3 is 14.6 Å². The van der Waals surface area contributed by atoms with Crippen LogP contribution in [0.25, 0.3) is 0 Å². The monoisotopic (exact) mass is 420 g/mol. The average molecular weight is 421 g/mol. The van der Waals surface area contributed by atoms with Crippen molar-refractivity contribution in [2.45, 2.75) is 17.9 Å². The second kappa shape index (κ2) is 9.58. The molecule has 1 fully saturated rings. The van der Waals surface area contributed by atoms with Crippen LogP contribution in [0.1, 0.15) is 5.56 Å². The van der Waals surface area contributed by atoms with E-state index in [9.17, 15) is 13.5 Å². The third-order valence-electron chi connectivity index (χ3n) is 4.91. The van der Waals surface area contributed by atoms with E-state index in [1.807, 2.05) is 6.92 Å². The van der Waals surface area contributed by atoms with Crippen LogP contribution in [0.15, 0.2) is 53.4 Å². The summed E-state index contributed by atoms with van der Waals surface area (Å²) in [5, 5.41) is 10.7. The molecule has 0 saturated carbocycles. The molecule has 0 amide bonds. The van der Waals surface area contributed by atoms with Crippen LogP contribution in [-0.2, 0) is 14.8 Å². The van der Waals surface area contributed by atoms with Crippen LogP contribution < -0.4 is 9.04 Å². The lowest BCUT2D eigenvalue weighted by atomic mass is 10.2. The molecule has 0 radical (unpaired) electrons. The average Bonchev–Trinajstić information content (AvgIpc) is 2.73. The minimum Gasteiger partial charge on any atom is -0.495 e. The van der Waals surface area contributed by atoms with Gasteiger partial charge in [0.15, 0.2) is 0 Å². The highest BCUT2D eigenvalue weighted by molar-refractivity contribution is 7.92. The number of rotatable bonds is 8. The Hall–Kier alpha value is -2.13. The predicted molar refractivity (Wildman–Crippen MR) is 112 cm³/mol. The lowest BCUT2D eigenvalue weighted by Crippen LogP contribution is -2.46. The van der Waals surface area contributed by atoms with Gasteiger partial charge in [0, 0.05) is 19.6 Å². The molecule has 1 N–H and O–H groups in total. The van der Waals surface area contributed by atoms with Crippen LogP contribution in [-0.4, -0.2) is 71.0 Å². The van der Waals surface area contributed by atoms with Gasteiger partial charge in [-0.25, -0.2) is 8.42 Å². The van der Waals surface area contributed by atoms with E-state index in [0.29, 0.717) is 31.2 Å². The van der Waals surface area contributed by atoms with E-state index in [1.165, 1.54) is 11.4 Å². The highest BCUT2D eigenvalue weighted by Gasteiger charge is 2.30. The summed E-state index contributed by atoms with van der Waals surface area (Å²) in [7, 11) is -2.39. The summed E-state index contributed by atoms with van der Waals surface area (Å²) < 4.78 is 38.9. The molecule has 2 aromatic carbocycles. The fourth-order valence-electron chi connectivity index (χ4n) is 3.33. The lowest BCUT2D eigenvalue weighted by molar-refractivity contribution is 0.0166. The molecule has 1 atom stereocenters. The molecule has 3 rings (SSSR count). The molecular weight excluding hydrogens is 392 g/mol. The number of benzene rings is 2. The number of β-amino-alcohol motifs (C(OH)–C–C–N with tert-alkyl or cyclic N) is 1. The molecule has 0 aromatic heterocycles. The highest BCUT2D eigenvalue weighted by atomic mass is 32.2. The van der Waals surface area contributed by atoms with Gasteiger partial charge in [-0.05, 0) is 31.2 Å². The van der Waals surface area contributed by atoms with Gasteiger partial charge in [-0.1, -0.05) is 29.8 Å². The normalized spacial score (nSPS) is 16.4. The molecule has 1 aliphatic rings. The molecule has 0 aliphatic carbocycles. The number of aryl methyl sites for hydroxylation is 1. The van der Waals surface area contributed by atoms with E-state index in [1.54, 1.807) is 48.5 Å². The number of nitrogens with zero attached hydrogens (tertiary/aromatic N) is 2. The maximum atomic E-state index is 13.5. The van der Waals surface area contributed by atoms with E-state index < -0.39 is 16.1 Å². The maximum Gasteiger partial charge on any atom is 0.264 e. The summed E-state index contributed by atoms with van der Waals surface area (Å²) in [5.41, 5.74) is 1.37. The van der Waals surface area contributed by atoms with Crippen LogP contribution in [0, 0.1) is 6.92 Å². The van der Waals surface area contributed by atoms with Crippen molar-refractivity contribution in [3.8, 4) is 5.75 Å². The fourth-order valence-corrected chi connectivity index (χ4v) is 4.84. The smallest absolute Gasteiger partial charge is 0.264 e. The molecule has 8 heteroatoms. The van der Waals surface area contributed by atoms with Gasteiger partial charge in [0.05, 0.1) is 43.6 Å². The minimum absolute atomic E-state index is 0.0755. The second-order valence-corrected chi connectivity index (χ2v) is 8.95. The van der Waals surface area contributed by atoms with Crippen LogP contribution >= 0.6 is 0 Å². The van der Waals surface area contributed by atoms with Crippen molar-refractivity contribution in [3.63, 3.8) is 0 Å². The largest absolute Gasteiger partial charge is 0.495 e. The van der Waals surface area contributed by atoms with E-state index in [-0.39, 0.29) is 11.4 Å². The molecule has 29 heavy (non-hydrogen) atoms. The molecule has 0 spiro atoms. The molecule has 1 aliphatic heterocycles. The van der Waals surface area contributed by atoms with Crippen molar-refractivity contribution in [1.29, 1.82) is 0 Å². The van der Waals surface area contributed by atoms with E-state index >= 15 is 0 Å². The Morgan fingerprint density at radius 1 is 1.14 bits per heavy atom. The lowest BCUT2D eigenvalue weighted by Gasteiger charge is -2.32. The summed E-state index contributed by atoms with van der Waals surface area (Å²) in [6, 6.07) is 13.6. The Balaban J connectivity index is 1.92. The first kappa shape index (κ1) is 21.6. The Bertz CT molecular complexity index is 896. The SMILES string of the molecule is COc1ccccc1N(CC(O)CN1CCOCC1)S(=O)(=O)c1ccc(C)cc1. The van der Waals surface area contributed by atoms with Crippen LogP contribution in [0.5, 0.6) is 5.75 Å². The van der Waals surface area contributed by atoms with Crippen molar-refractivity contribution >= 4 is 15.7 Å². The molecule has 0 bridgehead atoms. The van der Waals surface area contributed by atoms with E-state index in [0.717, 1.165) is 18.7 Å². The molecule has 1 heterocycles. The van der Waals surface area contributed by atoms with Crippen LogP contribution in [0.4, 0.5) is 5.69 Å². The number of aliphatic hydroxyl groups excluding tert-OH is 1. The number of aliphatic hydroxyl groups is 1. The topological polar surface area (TPSA) is 79.3 Å². The van der Waals surface area contributed by atoms with Crippen molar-refractivity contribution in [2.75, 3.05) is 50.8 Å². The first-order chi connectivity index (χ1) is 13.9. The number of hydrogen-bond donors (Lipinski definition) is 1.